The fourth-order valence-electron chi connectivity index (χ4n) is 3.18. The van der Waals surface area contributed by atoms with Gasteiger partial charge in [-0.3, -0.25) is 4.79 Å². The summed E-state index contributed by atoms with van der Waals surface area (Å²) in [6, 6.07) is 8.85. The van der Waals surface area contributed by atoms with Gasteiger partial charge in [-0.2, -0.15) is 0 Å². The van der Waals surface area contributed by atoms with Crippen molar-refractivity contribution in [2.75, 3.05) is 6.54 Å². The number of rotatable bonds is 4. The Morgan fingerprint density at radius 1 is 1.26 bits per heavy atom. The largest absolute Gasteiger partial charge is 0.478 e. The molecule has 1 N–H and O–H groups in total. The Morgan fingerprint density at radius 3 is 2.65 bits per heavy atom. The van der Waals surface area contributed by atoms with Gasteiger partial charge in [-0.25, -0.2) is 4.79 Å². The average Bonchev–Trinajstić information content (AvgIpc) is 3.02. The number of fused-ring (bicyclic) bond motifs is 1. The van der Waals surface area contributed by atoms with Crippen LogP contribution in [-0.4, -0.2) is 28.4 Å². The summed E-state index contributed by atoms with van der Waals surface area (Å²) in [6.45, 7) is 2.87. The summed E-state index contributed by atoms with van der Waals surface area (Å²) < 4.78 is 0. The van der Waals surface area contributed by atoms with Gasteiger partial charge in [0.2, 0.25) is 5.91 Å². The Labute approximate surface area is 139 Å². The van der Waals surface area contributed by atoms with Crippen LogP contribution in [0.4, 0.5) is 0 Å². The monoisotopic (exact) mass is 329 g/mol. The summed E-state index contributed by atoms with van der Waals surface area (Å²) in [5, 5.41) is 11.0. The molecule has 0 aliphatic carbocycles. The number of amides is 1. The first-order valence-corrected chi connectivity index (χ1v) is 8.66. The van der Waals surface area contributed by atoms with Crippen molar-refractivity contribution in [2.45, 2.75) is 32.2 Å². The van der Waals surface area contributed by atoms with Crippen molar-refractivity contribution >= 4 is 23.2 Å². The Balaban J connectivity index is 1.74. The summed E-state index contributed by atoms with van der Waals surface area (Å²) in [4.78, 5) is 26.9. The SMILES string of the molecule is CCC1c2ccsc2CCN1C(=O)Cc1ccc(C(=O)O)cc1. The van der Waals surface area contributed by atoms with Gasteiger partial charge in [0.15, 0.2) is 0 Å². The molecule has 1 aliphatic rings. The summed E-state index contributed by atoms with van der Waals surface area (Å²) in [5.74, 6) is -0.841. The minimum Gasteiger partial charge on any atom is -0.478 e. The first-order chi connectivity index (χ1) is 11.1. The number of hydrogen-bond acceptors (Lipinski definition) is 3. The quantitative estimate of drug-likeness (QED) is 0.933. The number of thiophene rings is 1. The standard InChI is InChI=1S/C18H19NO3S/c1-2-15-14-8-10-23-16(14)7-9-19(15)17(20)11-12-3-5-13(6-4-12)18(21)22/h3-6,8,10,15H,2,7,9,11H2,1H3,(H,21,22). The summed E-state index contributed by atoms with van der Waals surface area (Å²) in [7, 11) is 0. The maximum absolute atomic E-state index is 12.7. The predicted molar refractivity (Wildman–Crippen MR) is 89.9 cm³/mol. The topological polar surface area (TPSA) is 57.6 Å². The van der Waals surface area contributed by atoms with E-state index >= 15 is 0 Å². The maximum atomic E-state index is 12.7. The van der Waals surface area contributed by atoms with Gasteiger partial charge in [-0.15, -0.1) is 11.3 Å². The van der Waals surface area contributed by atoms with E-state index in [1.807, 2.05) is 4.90 Å². The lowest BCUT2D eigenvalue weighted by Crippen LogP contribution is -2.40. The summed E-state index contributed by atoms with van der Waals surface area (Å²) in [6.07, 6.45) is 2.15. The molecule has 0 saturated carbocycles. The lowest BCUT2D eigenvalue weighted by Gasteiger charge is -2.35. The van der Waals surface area contributed by atoms with Crippen LogP contribution in [-0.2, 0) is 17.6 Å². The molecule has 0 bridgehead atoms. The molecule has 4 nitrogen and oxygen atoms in total. The molecule has 1 unspecified atom stereocenters. The van der Waals surface area contributed by atoms with E-state index in [2.05, 4.69) is 18.4 Å². The molecule has 2 aromatic rings. The van der Waals surface area contributed by atoms with Crippen molar-refractivity contribution < 1.29 is 14.7 Å². The van der Waals surface area contributed by atoms with Gasteiger partial charge in [-0.1, -0.05) is 19.1 Å². The molecule has 0 fully saturated rings. The molecule has 120 valence electrons. The minimum absolute atomic E-state index is 0.108. The predicted octanol–water partition coefficient (Wildman–Crippen LogP) is 3.52. The smallest absolute Gasteiger partial charge is 0.335 e. The zero-order chi connectivity index (χ0) is 16.4. The van der Waals surface area contributed by atoms with E-state index in [0.717, 1.165) is 24.9 Å². The lowest BCUT2D eigenvalue weighted by molar-refractivity contribution is -0.133. The van der Waals surface area contributed by atoms with E-state index in [0.29, 0.717) is 6.42 Å². The van der Waals surface area contributed by atoms with Crippen LogP contribution in [0.25, 0.3) is 0 Å². The van der Waals surface area contributed by atoms with Crippen molar-refractivity contribution in [3.8, 4) is 0 Å². The normalized spacial score (nSPS) is 16.9. The van der Waals surface area contributed by atoms with Crippen molar-refractivity contribution in [2.24, 2.45) is 0 Å². The molecule has 1 atom stereocenters. The number of carboxylic acids is 1. The number of carboxylic acid groups (broad SMARTS) is 1. The van der Waals surface area contributed by atoms with Crippen LogP contribution in [0.15, 0.2) is 35.7 Å². The van der Waals surface area contributed by atoms with Gasteiger partial charge in [0, 0.05) is 11.4 Å². The van der Waals surface area contributed by atoms with Crippen LogP contribution in [0.1, 0.15) is 45.7 Å². The van der Waals surface area contributed by atoms with E-state index in [9.17, 15) is 9.59 Å². The van der Waals surface area contributed by atoms with Gasteiger partial charge in [-0.05, 0) is 47.5 Å². The molecule has 1 aromatic carbocycles. The average molecular weight is 329 g/mol. The van der Waals surface area contributed by atoms with Gasteiger partial charge in [0.1, 0.15) is 0 Å². The second kappa shape index (κ2) is 6.54. The molecule has 23 heavy (non-hydrogen) atoms. The minimum atomic E-state index is -0.949. The molecule has 1 aromatic heterocycles. The van der Waals surface area contributed by atoms with Gasteiger partial charge in [0.25, 0.3) is 0 Å². The zero-order valence-electron chi connectivity index (χ0n) is 13.0. The van der Waals surface area contributed by atoms with Gasteiger partial charge >= 0.3 is 5.97 Å². The lowest BCUT2D eigenvalue weighted by atomic mass is 9.97. The van der Waals surface area contributed by atoms with Crippen molar-refractivity contribution in [1.82, 2.24) is 4.90 Å². The Hall–Kier alpha value is -2.14. The van der Waals surface area contributed by atoms with Gasteiger partial charge < -0.3 is 10.0 Å². The molecule has 3 rings (SSSR count). The second-order valence-corrected chi connectivity index (χ2v) is 6.74. The van der Waals surface area contributed by atoms with E-state index < -0.39 is 5.97 Å². The van der Waals surface area contributed by atoms with Crippen molar-refractivity contribution in [3.05, 3.63) is 57.3 Å². The molecule has 0 spiro atoms. The number of aromatic carboxylic acids is 1. The number of carbonyl (C=O) groups excluding carboxylic acids is 1. The Bertz CT molecular complexity index is 720. The number of nitrogens with zero attached hydrogens (tertiary/aromatic N) is 1. The highest BCUT2D eigenvalue weighted by Crippen LogP contribution is 2.35. The first kappa shape index (κ1) is 15.7. The fraction of sp³-hybridized carbons (Fsp3) is 0.333. The molecule has 2 heterocycles. The van der Waals surface area contributed by atoms with Crippen LogP contribution >= 0.6 is 11.3 Å². The molecular weight excluding hydrogens is 310 g/mol. The van der Waals surface area contributed by atoms with Crippen LogP contribution in [0.5, 0.6) is 0 Å². The second-order valence-electron chi connectivity index (χ2n) is 5.74. The van der Waals surface area contributed by atoms with Gasteiger partial charge in [0.05, 0.1) is 18.0 Å². The molecule has 1 aliphatic heterocycles. The summed E-state index contributed by atoms with van der Waals surface area (Å²) in [5.41, 5.74) is 2.39. The number of benzene rings is 1. The summed E-state index contributed by atoms with van der Waals surface area (Å²) >= 11 is 1.77. The third-order valence-corrected chi connectivity index (χ3v) is 5.35. The van der Waals surface area contributed by atoms with Crippen LogP contribution in [0, 0.1) is 0 Å². The maximum Gasteiger partial charge on any atom is 0.335 e. The molecule has 0 saturated heterocycles. The van der Waals surface area contributed by atoms with Crippen molar-refractivity contribution in [3.63, 3.8) is 0 Å². The van der Waals surface area contributed by atoms with Crippen LogP contribution in [0.3, 0.4) is 0 Å². The van der Waals surface area contributed by atoms with E-state index in [1.54, 1.807) is 35.6 Å². The van der Waals surface area contributed by atoms with E-state index in [1.165, 1.54) is 10.4 Å². The number of carbonyl (C=O) groups is 2. The highest BCUT2D eigenvalue weighted by Gasteiger charge is 2.30. The highest BCUT2D eigenvalue weighted by atomic mass is 32.1. The van der Waals surface area contributed by atoms with E-state index in [-0.39, 0.29) is 17.5 Å². The first-order valence-electron chi connectivity index (χ1n) is 7.78. The third-order valence-electron chi connectivity index (χ3n) is 4.36. The Kier molecular flexibility index (Phi) is 4.48. The zero-order valence-corrected chi connectivity index (χ0v) is 13.8. The molecule has 5 heteroatoms. The number of hydrogen-bond donors (Lipinski definition) is 1. The molecule has 0 radical (unpaired) electrons. The molecule has 1 amide bonds. The molecular formula is C18H19NO3S. The van der Waals surface area contributed by atoms with Crippen LogP contribution < -0.4 is 0 Å². The van der Waals surface area contributed by atoms with E-state index in [4.69, 9.17) is 5.11 Å². The highest BCUT2D eigenvalue weighted by molar-refractivity contribution is 7.10. The van der Waals surface area contributed by atoms with Crippen molar-refractivity contribution in [1.29, 1.82) is 0 Å². The third kappa shape index (κ3) is 3.15. The Morgan fingerprint density at radius 2 is 2.00 bits per heavy atom. The fourth-order valence-corrected chi connectivity index (χ4v) is 4.10. The van der Waals surface area contributed by atoms with Crippen LogP contribution in [0.2, 0.25) is 0 Å².